The van der Waals surface area contributed by atoms with Crippen LogP contribution in [0.25, 0.3) is 0 Å². The summed E-state index contributed by atoms with van der Waals surface area (Å²) in [4.78, 5) is 22.1. The first kappa shape index (κ1) is 17.5. The summed E-state index contributed by atoms with van der Waals surface area (Å²) in [5.74, 6) is -1.44. The fraction of sp³-hybridized carbons (Fsp3) is 0.222. The van der Waals surface area contributed by atoms with Crippen molar-refractivity contribution in [2.45, 2.75) is 20.0 Å². The lowest BCUT2D eigenvalue weighted by Gasteiger charge is -2.09. The quantitative estimate of drug-likeness (QED) is 0.576. The maximum absolute atomic E-state index is 14.0. The number of ether oxygens (including phenoxy) is 3. The van der Waals surface area contributed by atoms with Gasteiger partial charge in [0, 0.05) is 13.0 Å². The summed E-state index contributed by atoms with van der Waals surface area (Å²) in [6.45, 7) is 1.04. The molecule has 0 heterocycles. The van der Waals surface area contributed by atoms with Crippen LogP contribution < -0.4 is 4.74 Å². The van der Waals surface area contributed by atoms with E-state index in [0.29, 0.717) is 12.4 Å². The van der Waals surface area contributed by atoms with Crippen molar-refractivity contribution < 1.29 is 28.2 Å². The van der Waals surface area contributed by atoms with E-state index in [1.807, 2.05) is 30.3 Å². The van der Waals surface area contributed by atoms with Gasteiger partial charge in [-0.05, 0) is 17.2 Å². The molecule has 0 aliphatic carbocycles. The molecule has 126 valence electrons. The van der Waals surface area contributed by atoms with Crippen molar-refractivity contribution in [2.75, 3.05) is 6.79 Å². The van der Waals surface area contributed by atoms with E-state index < -0.39 is 24.5 Å². The summed E-state index contributed by atoms with van der Waals surface area (Å²) in [7, 11) is 0. The van der Waals surface area contributed by atoms with Gasteiger partial charge in [0.25, 0.3) is 0 Å². The van der Waals surface area contributed by atoms with Crippen LogP contribution in [0.1, 0.15) is 18.1 Å². The smallest absolute Gasteiger partial charge is 0.313 e. The maximum Gasteiger partial charge on any atom is 0.313 e. The van der Waals surface area contributed by atoms with E-state index >= 15 is 0 Å². The highest BCUT2D eigenvalue weighted by molar-refractivity contribution is 5.73. The average molecular weight is 332 g/mol. The van der Waals surface area contributed by atoms with Crippen molar-refractivity contribution in [3.05, 3.63) is 65.5 Å². The molecule has 6 heteroatoms. The first-order chi connectivity index (χ1) is 11.5. The topological polar surface area (TPSA) is 61.8 Å². The van der Waals surface area contributed by atoms with Crippen LogP contribution in [0.2, 0.25) is 0 Å². The minimum Gasteiger partial charge on any atom is -0.489 e. The maximum atomic E-state index is 14.0. The average Bonchev–Trinajstić information content (AvgIpc) is 2.56. The SMILES string of the molecule is CC(=O)OCOC(=O)Cc1ccc(OCc2ccccc2)cc1F. The van der Waals surface area contributed by atoms with E-state index in [2.05, 4.69) is 9.47 Å². The van der Waals surface area contributed by atoms with Gasteiger partial charge in [-0.1, -0.05) is 36.4 Å². The molecule has 5 nitrogen and oxygen atoms in total. The second-order valence-electron chi connectivity index (χ2n) is 4.97. The van der Waals surface area contributed by atoms with Crippen molar-refractivity contribution in [3.8, 4) is 5.75 Å². The van der Waals surface area contributed by atoms with Crippen molar-refractivity contribution in [1.29, 1.82) is 0 Å². The van der Waals surface area contributed by atoms with Gasteiger partial charge >= 0.3 is 11.9 Å². The lowest BCUT2D eigenvalue weighted by molar-refractivity contribution is -0.165. The van der Waals surface area contributed by atoms with Crippen LogP contribution in [-0.2, 0) is 32.1 Å². The molecule has 0 radical (unpaired) electrons. The van der Waals surface area contributed by atoms with E-state index in [1.165, 1.54) is 19.1 Å². The molecule has 0 aromatic heterocycles. The normalized spacial score (nSPS) is 10.1. The van der Waals surface area contributed by atoms with Crippen molar-refractivity contribution >= 4 is 11.9 Å². The summed E-state index contributed by atoms with van der Waals surface area (Å²) < 4.78 is 28.7. The third kappa shape index (κ3) is 5.72. The summed E-state index contributed by atoms with van der Waals surface area (Å²) in [5.41, 5.74) is 1.14. The van der Waals surface area contributed by atoms with Gasteiger partial charge in [0.2, 0.25) is 6.79 Å². The molecular formula is C18H17FO5. The van der Waals surface area contributed by atoms with E-state index in [-0.39, 0.29) is 12.0 Å². The van der Waals surface area contributed by atoms with E-state index in [9.17, 15) is 14.0 Å². The second-order valence-corrected chi connectivity index (χ2v) is 4.97. The predicted octanol–water partition coefficient (Wildman–Crippen LogP) is 3.01. The number of hydrogen-bond acceptors (Lipinski definition) is 5. The Balaban J connectivity index is 1.87. The number of carbonyl (C=O) groups is 2. The molecule has 0 unspecified atom stereocenters. The molecule has 24 heavy (non-hydrogen) atoms. The van der Waals surface area contributed by atoms with Gasteiger partial charge in [-0.2, -0.15) is 0 Å². The molecule has 0 aliphatic rings. The molecule has 2 aromatic carbocycles. The zero-order chi connectivity index (χ0) is 17.4. The summed E-state index contributed by atoms with van der Waals surface area (Å²) in [6, 6.07) is 13.8. The van der Waals surface area contributed by atoms with Gasteiger partial charge in [-0.3, -0.25) is 9.59 Å². The molecule has 2 rings (SSSR count). The highest BCUT2D eigenvalue weighted by atomic mass is 19.1. The van der Waals surface area contributed by atoms with Gasteiger partial charge in [-0.15, -0.1) is 0 Å². The van der Waals surface area contributed by atoms with Gasteiger partial charge in [0.1, 0.15) is 18.2 Å². The Labute approximate surface area is 139 Å². The zero-order valence-electron chi connectivity index (χ0n) is 13.2. The van der Waals surface area contributed by atoms with Crippen LogP contribution in [0, 0.1) is 5.82 Å². The number of halogens is 1. The summed E-state index contributed by atoms with van der Waals surface area (Å²) >= 11 is 0. The molecule has 0 amide bonds. The zero-order valence-corrected chi connectivity index (χ0v) is 13.2. The minimum absolute atomic E-state index is 0.176. The third-order valence-corrected chi connectivity index (χ3v) is 3.09. The summed E-state index contributed by atoms with van der Waals surface area (Å²) in [6.07, 6.45) is -0.258. The Morgan fingerprint density at radius 3 is 2.46 bits per heavy atom. The minimum atomic E-state index is -0.687. The number of rotatable bonds is 7. The number of benzene rings is 2. The van der Waals surface area contributed by atoms with Crippen LogP contribution >= 0.6 is 0 Å². The Hall–Kier alpha value is -2.89. The molecule has 0 atom stereocenters. The molecule has 0 bridgehead atoms. The third-order valence-electron chi connectivity index (χ3n) is 3.09. The molecule has 0 spiro atoms. The lowest BCUT2D eigenvalue weighted by Crippen LogP contribution is -2.13. The van der Waals surface area contributed by atoms with Crippen LogP contribution in [0.5, 0.6) is 5.75 Å². The second kappa shape index (κ2) is 8.67. The fourth-order valence-corrected chi connectivity index (χ4v) is 1.89. The first-order valence-electron chi connectivity index (χ1n) is 7.29. The monoisotopic (exact) mass is 332 g/mol. The van der Waals surface area contributed by atoms with Crippen molar-refractivity contribution in [3.63, 3.8) is 0 Å². The Morgan fingerprint density at radius 1 is 1.04 bits per heavy atom. The standard InChI is InChI=1S/C18H17FO5/c1-13(20)23-12-24-18(21)9-15-7-8-16(10-17(15)19)22-11-14-5-3-2-4-6-14/h2-8,10H,9,11-12H2,1H3. The molecule has 0 saturated carbocycles. The van der Waals surface area contributed by atoms with Gasteiger partial charge in [0.15, 0.2) is 0 Å². The molecule has 0 saturated heterocycles. The lowest BCUT2D eigenvalue weighted by atomic mass is 10.1. The van der Waals surface area contributed by atoms with Crippen molar-refractivity contribution in [2.24, 2.45) is 0 Å². The van der Waals surface area contributed by atoms with Gasteiger partial charge < -0.3 is 14.2 Å². The highest BCUT2D eigenvalue weighted by Gasteiger charge is 2.11. The Morgan fingerprint density at radius 2 is 1.79 bits per heavy atom. The first-order valence-corrected chi connectivity index (χ1v) is 7.29. The number of esters is 2. The summed E-state index contributed by atoms with van der Waals surface area (Å²) in [5, 5.41) is 0. The number of carbonyl (C=O) groups excluding carboxylic acids is 2. The van der Waals surface area contributed by atoms with Crippen LogP contribution in [-0.4, -0.2) is 18.7 Å². The molecule has 0 aliphatic heterocycles. The highest BCUT2D eigenvalue weighted by Crippen LogP contribution is 2.18. The van der Waals surface area contributed by atoms with Crippen LogP contribution in [0.3, 0.4) is 0 Å². The molecular weight excluding hydrogens is 315 g/mol. The van der Waals surface area contributed by atoms with Crippen LogP contribution in [0.15, 0.2) is 48.5 Å². The van der Waals surface area contributed by atoms with Crippen LogP contribution in [0.4, 0.5) is 4.39 Å². The van der Waals surface area contributed by atoms with E-state index in [4.69, 9.17) is 4.74 Å². The van der Waals surface area contributed by atoms with E-state index in [0.717, 1.165) is 5.56 Å². The molecule has 2 aromatic rings. The van der Waals surface area contributed by atoms with E-state index in [1.54, 1.807) is 6.07 Å². The fourth-order valence-electron chi connectivity index (χ4n) is 1.89. The largest absolute Gasteiger partial charge is 0.489 e. The van der Waals surface area contributed by atoms with Crippen molar-refractivity contribution in [1.82, 2.24) is 0 Å². The van der Waals surface area contributed by atoms with Gasteiger partial charge in [0.05, 0.1) is 6.42 Å². The molecule has 0 fully saturated rings. The predicted molar refractivity (Wildman–Crippen MR) is 83.6 cm³/mol. The number of hydrogen-bond donors (Lipinski definition) is 0. The van der Waals surface area contributed by atoms with Gasteiger partial charge in [-0.25, -0.2) is 4.39 Å². The Bertz CT molecular complexity index is 700. The molecule has 0 N–H and O–H groups in total. The Kier molecular flexibility index (Phi) is 6.31.